The number of hydrogen-bond donors (Lipinski definition) is 4. The monoisotopic (exact) mass is 397 g/mol. The van der Waals surface area contributed by atoms with Crippen molar-refractivity contribution in [1.29, 1.82) is 0 Å². The van der Waals surface area contributed by atoms with Gasteiger partial charge in [0.1, 0.15) is 5.75 Å². The fourth-order valence-corrected chi connectivity index (χ4v) is 3.01. The summed E-state index contributed by atoms with van der Waals surface area (Å²) < 4.78 is 5.33. The van der Waals surface area contributed by atoms with Crippen molar-refractivity contribution in [3.63, 3.8) is 0 Å². The van der Waals surface area contributed by atoms with Crippen molar-refractivity contribution in [2.75, 3.05) is 43.5 Å². The molecule has 0 aliphatic carbocycles. The van der Waals surface area contributed by atoms with Gasteiger partial charge in [0, 0.05) is 31.7 Å². The summed E-state index contributed by atoms with van der Waals surface area (Å²) in [5.74, 6) is -0.247. The van der Waals surface area contributed by atoms with Crippen LogP contribution in [0.4, 0.5) is 16.2 Å². The molecule has 3 rings (SSSR count). The molecule has 1 aliphatic rings. The van der Waals surface area contributed by atoms with Gasteiger partial charge in [-0.1, -0.05) is 12.1 Å². The summed E-state index contributed by atoms with van der Waals surface area (Å²) in [6.45, 7) is 1.65. The van der Waals surface area contributed by atoms with Crippen LogP contribution in [0.3, 0.4) is 0 Å². The highest BCUT2D eigenvalue weighted by Gasteiger charge is 2.25. The lowest BCUT2D eigenvalue weighted by atomic mass is 10.1. The van der Waals surface area contributed by atoms with E-state index in [4.69, 9.17) is 10.5 Å². The molecule has 0 spiro atoms. The van der Waals surface area contributed by atoms with Gasteiger partial charge in [-0.05, 0) is 30.3 Å². The SMILES string of the molecule is COc1ccc(C(=O)Nc2ccccc2C(=O)NCCN)cc1N1CCNC1=O. The Balaban J connectivity index is 1.85. The number of rotatable bonds is 7. The molecule has 1 fully saturated rings. The number of amides is 4. The minimum absolute atomic E-state index is 0.247. The molecule has 29 heavy (non-hydrogen) atoms. The molecule has 4 amide bonds. The molecule has 152 valence electrons. The first kappa shape index (κ1) is 20.2. The molecular weight excluding hydrogens is 374 g/mol. The van der Waals surface area contributed by atoms with E-state index in [1.54, 1.807) is 42.5 Å². The highest BCUT2D eigenvalue weighted by Crippen LogP contribution is 2.31. The lowest BCUT2D eigenvalue weighted by Crippen LogP contribution is -2.30. The van der Waals surface area contributed by atoms with Crippen LogP contribution in [-0.4, -0.2) is 51.1 Å². The summed E-state index contributed by atoms with van der Waals surface area (Å²) in [5.41, 5.74) is 6.97. The average Bonchev–Trinajstić information content (AvgIpc) is 3.17. The third-order valence-corrected chi connectivity index (χ3v) is 4.44. The summed E-state index contributed by atoms with van der Waals surface area (Å²) >= 11 is 0. The van der Waals surface area contributed by atoms with Crippen LogP contribution in [0.5, 0.6) is 5.75 Å². The van der Waals surface area contributed by atoms with E-state index in [-0.39, 0.29) is 11.9 Å². The Hall–Kier alpha value is -3.59. The van der Waals surface area contributed by atoms with Gasteiger partial charge in [-0.2, -0.15) is 0 Å². The van der Waals surface area contributed by atoms with Gasteiger partial charge < -0.3 is 26.4 Å². The molecular formula is C20H23N5O4. The Kier molecular flexibility index (Phi) is 6.30. The third kappa shape index (κ3) is 4.46. The lowest BCUT2D eigenvalue weighted by Gasteiger charge is -2.19. The number of ether oxygens (including phenoxy) is 1. The first-order valence-electron chi connectivity index (χ1n) is 9.17. The topological polar surface area (TPSA) is 126 Å². The van der Waals surface area contributed by atoms with Gasteiger partial charge in [0.25, 0.3) is 11.8 Å². The van der Waals surface area contributed by atoms with E-state index in [1.807, 2.05) is 0 Å². The zero-order chi connectivity index (χ0) is 20.8. The largest absolute Gasteiger partial charge is 0.495 e. The maximum absolute atomic E-state index is 12.8. The second-order valence-electron chi connectivity index (χ2n) is 6.31. The van der Waals surface area contributed by atoms with Crippen molar-refractivity contribution in [2.24, 2.45) is 5.73 Å². The number of nitrogens with one attached hydrogen (secondary N) is 3. The van der Waals surface area contributed by atoms with Gasteiger partial charge in [-0.15, -0.1) is 0 Å². The van der Waals surface area contributed by atoms with Crippen molar-refractivity contribution in [3.8, 4) is 5.75 Å². The number of carbonyl (C=O) groups excluding carboxylic acids is 3. The molecule has 2 aromatic rings. The standard InChI is InChI=1S/C20H23N5O4/c1-29-17-7-6-13(12-16(17)25-11-10-23-20(25)28)18(26)24-15-5-3-2-4-14(15)19(27)22-9-8-21/h2-7,12H,8-11,21H2,1H3,(H,22,27)(H,23,28)(H,24,26). The molecule has 1 saturated heterocycles. The Morgan fingerprint density at radius 3 is 2.69 bits per heavy atom. The van der Waals surface area contributed by atoms with Crippen molar-refractivity contribution >= 4 is 29.2 Å². The van der Waals surface area contributed by atoms with E-state index >= 15 is 0 Å². The van der Waals surface area contributed by atoms with Crippen molar-refractivity contribution in [3.05, 3.63) is 53.6 Å². The Labute approximate surface area is 168 Å². The predicted octanol–water partition coefficient (Wildman–Crippen LogP) is 1.17. The van der Waals surface area contributed by atoms with Crippen LogP contribution in [0.15, 0.2) is 42.5 Å². The number of anilines is 2. The van der Waals surface area contributed by atoms with E-state index in [1.165, 1.54) is 12.0 Å². The number of methoxy groups -OCH3 is 1. The van der Waals surface area contributed by atoms with E-state index in [0.717, 1.165) is 0 Å². The number of benzene rings is 2. The second-order valence-corrected chi connectivity index (χ2v) is 6.31. The third-order valence-electron chi connectivity index (χ3n) is 4.44. The zero-order valence-electron chi connectivity index (χ0n) is 16.0. The molecule has 9 nitrogen and oxygen atoms in total. The van der Waals surface area contributed by atoms with E-state index in [2.05, 4.69) is 16.0 Å². The van der Waals surface area contributed by atoms with Crippen LogP contribution in [0.25, 0.3) is 0 Å². The van der Waals surface area contributed by atoms with Crippen LogP contribution in [0, 0.1) is 0 Å². The Bertz CT molecular complexity index is 931. The second kappa shape index (κ2) is 9.07. The number of nitrogens with two attached hydrogens (primary N) is 1. The minimum atomic E-state index is -0.410. The Morgan fingerprint density at radius 2 is 2.00 bits per heavy atom. The summed E-state index contributed by atoms with van der Waals surface area (Å²) in [6.07, 6.45) is 0. The van der Waals surface area contributed by atoms with Crippen LogP contribution in [-0.2, 0) is 0 Å². The molecule has 0 radical (unpaired) electrons. The fraction of sp³-hybridized carbons (Fsp3) is 0.250. The van der Waals surface area contributed by atoms with Crippen LogP contribution < -0.4 is 31.3 Å². The maximum atomic E-state index is 12.8. The average molecular weight is 397 g/mol. The quantitative estimate of drug-likeness (QED) is 0.558. The number of urea groups is 1. The number of nitrogens with zero attached hydrogens (tertiary/aromatic N) is 1. The molecule has 0 saturated carbocycles. The van der Waals surface area contributed by atoms with E-state index in [9.17, 15) is 14.4 Å². The lowest BCUT2D eigenvalue weighted by molar-refractivity contribution is 0.0955. The van der Waals surface area contributed by atoms with Gasteiger partial charge in [0.05, 0.1) is 24.0 Å². The first-order valence-corrected chi connectivity index (χ1v) is 9.17. The number of hydrogen-bond acceptors (Lipinski definition) is 5. The summed E-state index contributed by atoms with van der Waals surface area (Å²) in [4.78, 5) is 38.7. The van der Waals surface area contributed by atoms with Gasteiger partial charge >= 0.3 is 6.03 Å². The number of carbonyl (C=O) groups is 3. The normalized spacial score (nSPS) is 13.0. The molecule has 9 heteroatoms. The molecule has 1 aliphatic heterocycles. The molecule has 0 unspecified atom stereocenters. The predicted molar refractivity (Wildman–Crippen MR) is 110 cm³/mol. The summed E-state index contributed by atoms with van der Waals surface area (Å²) in [5, 5.41) is 8.17. The molecule has 0 aromatic heterocycles. The zero-order valence-corrected chi connectivity index (χ0v) is 16.0. The van der Waals surface area contributed by atoms with Gasteiger partial charge in [-0.3, -0.25) is 14.5 Å². The maximum Gasteiger partial charge on any atom is 0.322 e. The molecule has 1 heterocycles. The van der Waals surface area contributed by atoms with Crippen molar-refractivity contribution in [1.82, 2.24) is 10.6 Å². The van der Waals surface area contributed by atoms with Crippen LogP contribution in [0.1, 0.15) is 20.7 Å². The molecule has 5 N–H and O–H groups in total. The van der Waals surface area contributed by atoms with Crippen LogP contribution in [0.2, 0.25) is 0 Å². The van der Waals surface area contributed by atoms with Gasteiger partial charge in [-0.25, -0.2) is 4.79 Å². The van der Waals surface area contributed by atoms with E-state index in [0.29, 0.717) is 54.4 Å². The van der Waals surface area contributed by atoms with Crippen molar-refractivity contribution < 1.29 is 19.1 Å². The molecule has 0 atom stereocenters. The highest BCUT2D eigenvalue weighted by atomic mass is 16.5. The number of para-hydroxylation sites is 1. The smallest absolute Gasteiger partial charge is 0.322 e. The van der Waals surface area contributed by atoms with Gasteiger partial charge in [0.15, 0.2) is 0 Å². The Morgan fingerprint density at radius 1 is 1.21 bits per heavy atom. The minimum Gasteiger partial charge on any atom is -0.495 e. The highest BCUT2D eigenvalue weighted by molar-refractivity contribution is 6.10. The van der Waals surface area contributed by atoms with Crippen molar-refractivity contribution in [2.45, 2.75) is 0 Å². The molecule has 2 aromatic carbocycles. The summed E-state index contributed by atoms with van der Waals surface area (Å²) in [6, 6.07) is 11.3. The summed E-state index contributed by atoms with van der Waals surface area (Å²) in [7, 11) is 1.50. The first-order chi connectivity index (χ1) is 14.0. The van der Waals surface area contributed by atoms with Gasteiger partial charge in [0.2, 0.25) is 0 Å². The van der Waals surface area contributed by atoms with E-state index < -0.39 is 5.91 Å². The fourth-order valence-electron chi connectivity index (χ4n) is 3.01. The molecule has 0 bridgehead atoms. The van der Waals surface area contributed by atoms with Crippen LogP contribution >= 0.6 is 0 Å².